The van der Waals surface area contributed by atoms with E-state index in [1.54, 1.807) is 0 Å². The third kappa shape index (κ3) is 2.59. The molecule has 0 spiro atoms. The number of hydrogen-bond donors (Lipinski definition) is 0. The van der Waals surface area contributed by atoms with Crippen molar-refractivity contribution < 1.29 is 0 Å². The Labute approximate surface area is 95.5 Å². The maximum atomic E-state index is 5.66. The highest BCUT2D eigenvalue weighted by Gasteiger charge is 2.19. The maximum absolute atomic E-state index is 5.66. The Balaban J connectivity index is 1.94. The summed E-state index contributed by atoms with van der Waals surface area (Å²) in [5.74, 6) is 2.22. The molecule has 0 radical (unpaired) electrons. The molecule has 1 aliphatic rings. The van der Waals surface area contributed by atoms with Gasteiger partial charge < -0.3 is 4.90 Å². The van der Waals surface area contributed by atoms with Crippen molar-refractivity contribution in [2.75, 3.05) is 18.5 Å². The summed E-state index contributed by atoms with van der Waals surface area (Å²) >= 11 is 5.66. The van der Waals surface area contributed by atoms with Crippen LogP contribution >= 0.6 is 11.6 Å². The third-order valence-corrected chi connectivity index (χ3v) is 3.26. The molecule has 82 valence electrons. The zero-order valence-electron chi connectivity index (χ0n) is 8.99. The molecular formula is C11H16ClN3. The molecule has 0 aliphatic heterocycles. The second-order valence-electron chi connectivity index (χ2n) is 4.19. The minimum absolute atomic E-state index is 0.430. The summed E-state index contributed by atoms with van der Waals surface area (Å²) < 4.78 is 0. The van der Waals surface area contributed by atoms with E-state index in [4.69, 9.17) is 11.6 Å². The van der Waals surface area contributed by atoms with Gasteiger partial charge in [0.1, 0.15) is 0 Å². The second kappa shape index (κ2) is 4.79. The molecule has 0 bridgehead atoms. The quantitative estimate of drug-likeness (QED) is 0.738. The molecule has 3 nitrogen and oxygen atoms in total. The van der Waals surface area contributed by atoms with Crippen LogP contribution in [-0.2, 0) is 5.88 Å². The molecule has 1 aromatic heterocycles. The lowest BCUT2D eigenvalue weighted by atomic mass is 9.85. The molecule has 1 fully saturated rings. The molecule has 1 aliphatic carbocycles. The van der Waals surface area contributed by atoms with Gasteiger partial charge in [0.05, 0.1) is 11.6 Å². The van der Waals surface area contributed by atoms with Crippen LogP contribution in [0.5, 0.6) is 0 Å². The van der Waals surface area contributed by atoms with Crippen LogP contribution < -0.4 is 4.90 Å². The average Bonchev–Trinajstić information content (AvgIpc) is 2.23. The van der Waals surface area contributed by atoms with Gasteiger partial charge in [-0.25, -0.2) is 0 Å². The zero-order valence-corrected chi connectivity index (χ0v) is 9.74. The van der Waals surface area contributed by atoms with Crippen molar-refractivity contribution in [2.45, 2.75) is 25.1 Å². The van der Waals surface area contributed by atoms with Crippen LogP contribution in [0.4, 0.5) is 5.82 Å². The summed E-state index contributed by atoms with van der Waals surface area (Å²) in [6.45, 7) is 1.09. The number of halogens is 1. The predicted octanol–water partition coefficient (Wildman–Crippen LogP) is 2.45. The van der Waals surface area contributed by atoms with Gasteiger partial charge in [-0.3, -0.25) is 0 Å². The fourth-order valence-corrected chi connectivity index (χ4v) is 1.93. The van der Waals surface area contributed by atoms with Crippen molar-refractivity contribution in [3.8, 4) is 0 Å². The largest absolute Gasteiger partial charge is 0.358 e. The standard InChI is InChI=1S/C11H16ClN3/c1-15(8-9-3-2-4-9)11-6-5-10(7-12)13-14-11/h5-6,9H,2-4,7-8H2,1H3. The van der Waals surface area contributed by atoms with Crippen molar-refractivity contribution in [3.63, 3.8) is 0 Å². The van der Waals surface area contributed by atoms with E-state index in [0.29, 0.717) is 5.88 Å². The Morgan fingerprint density at radius 1 is 1.40 bits per heavy atom. The number of rotatable bonds is 4. The van der Waals surface area contributed by atoms with Gasteiger partial charge in [-0.15, -0.1) is 16.7 Å². The van der Waals surface area contributed by atoms with Crippen molar-refractivity contribution in [3.05, 3.63) is 17.8 Å². The zero-order chi connectivity index (χ0) is 10.7. The summed E-state index contributed by atoms with van der Waals surface area (Å²) in [6.07, 6.45) is 4.10. The Hall–Kier alpha value is -0.830. The Morgan fingerprint density at radius 2 is 2.20 bits per heavy atom. The van der Waals surface area contributed by atoms with Gasteiger partial charge in [-0.05, 0) is 30.9 Å². The first-order chi connectivity index (χ1) is 7.29. The first-order valence-corrected chi connectivity index (χ1v) is 5.93. The lowest BCUT2D eigenvalue weighted by Gasteiger charge is -2.30. The predicted molar refractivity (Wildman–Crippen MR) is 62.2 cm³/mol. The van der Waals surface area contributed by atoms with E-state index in [-0.39, 0.29) is 0 Å². The van der Waals surface area contributed by atoms with Gasteiger partial charge in [-0.2, -0.15) is 5.10 Å². The molecule has 1 heterocycles. The molecule has 15 heavy (non-hydrogen) atoms. The van der Waals surface area contributed by atoms with Gasteiger partial charge in [0.15, 0.2) is 5.82 Å². The molecule has 0 N–H and O–H groups in total. The molecule has 1 aromatic rings. The fourth-order valence-electron chi connectivity index (χ4n) is 1.78. The van der Waals surface area contributed by atoms with E-state index >= 15 is 0 Å². The summed E-state index contributed by atoms with van der Waals surface area (Å²) in [5.41, 5.74) is 0.831. The molecule has 1 saturated carbocycles. The normalized spacial score (nSPS) is 16.1. The minimum atomic E-state index is 0.430. The number of alkyl halides is 1. The minimum Gasteiger partial charge on any atom is -0.358 e. The van der Waals surface area contributed by atoms with Gasteiger partial charge in [0.25, 0.3) is 0 Å². The molecule has 0 saturated heterocycles. The molecule has 0 aromatic carbocycles. The first-order valence-electron chi connectivity index (χ1n) is 5.39. The van der Waals surface area contributed by atoms with Gasteiger partial charge in [0.2, 0.25) is 0 Å². The first kappa shape index (κ1) is 10.7. The van der Waals surface area contributed by atoms with E-state index in [1.807, 2.05) is 12.1 Å². The molecule has 4 heteroatoms. The Bertz CT molecular complexity index is 308. The molecule has 0 amide bonds. The van der Waals surface area contributed by atoms with Crippen molar-refractivity contribution >= 4 is 17.4 Å². The van der Waals surface area contributed by atoms with Gasteiger partial charge in [0, 0.05) is 13.6 Å². The number of nitrogens with zero attached hydrogens (tertiary/aromatic N) is 3. The SMILES string of the molecule is CN(CC1CCC1)c1ccc(CCl)nn1. The van der Waals surface area contributed by atoms with Crippen LogP contribution in [0.15, 0.2) is 12.1 Å². The average molecular weight is 226 g/mol. The van der Waals surface area contributed by atoms with Crippen LogP contribution in [-0.4, -0.2) is 23.8 Å². The van der Waals surface area contributed by atoms with Gasteiger partial charge in [-0.1, -0.05) is 6.42 Å². The number of anilines is 1. The van der Waals surface area contributed by atoms with E-state index in [1.165, 1.54) is 19.3 Å². The lowest BCUT2D eigenvalue weighted by molar-refractivity contribution is 0.321. The van der Waals surface area contributed by atoms with Crippen molar-refractivity contribution in [2.24, 2.45) is 5.92 Å². The second-order valence-corrected chi connectivity index (χ2v) is 4.46. The van der Waals surface area contributed by atoms with E-state index in [2.05, 4.69) is 22.1 Å². The maximum Gasteiger partial charge on any atom is 0.150 e. The summed E-state index contributed by atoms with van der Waals surface area (Å²) in [5, 5.41) is 8.20. The van der Waals surface area contributed by atoms with Crippen LogP contribution in [0.2, 0.25) is 0 Å². The highest BCUT2D eigenvalue weighted by molar-refractivity contribution is 6.16. The molecule has 0 unspecified atom stereocenters. The molecule has 2 rings (SSSR count). The summed E-state index contributed by atoms with van der Waals surface area (Å²) in [6, 6.07) is 3.93. The Kier molecular flexibility index (Phi) is 3.41. The van der Waals surface area contributed by atoms with Crippen LogP contribution in [0.1, 0.15) is 25.0 Å². The summed E-state index contributed by atoms with van der Waals surface area (Å²) in [7, 11) is 2.07. The van der Waals surface area contributed by atoms with E-state index < -0.39 is 0 Å². The van der Waals surface area contributed by atoms with E-state index in [0.717, 1.165) is 24.0 Å². The van der Waals surface area contributed by atoms with Crippen LogP contribution in [0.25, 0.3) is 0 Å². The monoisotopic (exact) mass is 225 g/mol. The van der Waals surface area contributed by atoms with Gasteiger partial charge >= 0.3 is 0 Å². The molecular weight excluding hydrogens is 210 g/mol. The Morgan fingerprint density at radius 3 is 2.67 bits per heavy atom. The lowest BCUT2D eigenvalue weighted by Crippen LogP contribution is -2.30. The van der Waals surface area contributed by atoms with Crippen molar-refractivity contribution in [1.29, 1.82) is 0 Å². The number of hydrogen-bond acceptors (Lipinski definition) is 3. The molecule has 0 atom stereocenters. The number of aromatic nitrogens is 2. The fraction of sp³-hybridized carbons (Fsp3) is 0.636. The van der Waals surface area contributed by atoms with Crippen molar-refractivity contribution in [1.82, 2.24) is 10.2 Å². The highest BCUT2D eigenvalue weighted by atomic mass is 35.5. The van der Waals surface area contributed by atoms with E-state index in [9.17, 15) is 0 Å². The topological polar surface area (TPSA) is 29.0 Å². The highest BCUT2D eigenvalue weighted by Crippen LogP contribution is 2.27. The van der Waals surface area contributed by atoms with Crippen LogP contribution in [0.3, 0.4) is 0 Å². The third-order valence-electron chi connectivity index (χ3n) is 2.99. The summed E-state index contributed by atoms with van der Waals surface area (Å²) in [4.78, 5) is 2.18. The smallest absolute Gasteiger partial charge is 0.150 e. The van der Waals surface area contributed by atoms with Crippen LogP contribution in [0, 0.1) is 5.92 Å².